The lowest BCUT2D eigenvalue weighted by Gasteiger charge is -2.06. The summed E-state index contributed by atoms with van der Waals surface area (Å²) in [6, 6.07) is 36.7. The number of thiophene rings is 8. The van der Waals surface area contributed by atoms with Crippen LogP contribution in [0.4, 0.5) is 0 Å². The summed E-state index contributed by atoms with van der Waals surface area (Å²) >= 11 is 14.6. The van der Waals surface area contributed by atoms with Crippen LogP contribution >= 0.6 is 90.7 Å². The first-order valence-electron chi connectivity index (χ1n) is 18.5. The van der Waals surface area contributed by atoms with Gasteiger partial charge in [0.25, 0.3) is 0 Å². The Labute approximate surface area is 361 Å². The standard InChI is InChI=1S/C46H22N4S8/c1-3-31-25(13-23(1)39-17-41-35(55-39)5-9-51-41)27-15-29(47-21-33(27)49(31)45-19-43-37(57-45)7-11-53-43)30-16-28-26-14-24(40-18-42-36(56-40)6-10-52-42)2-4-32(26)50(34(28)22-48-30)46-20-44-38(58-46)8-12-54-44/h1-22H. The number of rotatable bonds is 5. The highest BCUT2D eigenvalue weighted by Crippen LogP contribution is 2.45. The largest absolute Gasteiger partial charge is 0.299 e. The third-order valence-corrected chi connectivity index (χ3v) is 19.5. The van der Waals surface area contributed by atoms with Crippen molar-refractivity contribution in [2.45, 2.75) is 0 Å². The molecular formula is C46H22N4S8. The van der Waals surface area contributed by atoms with Crippen molar-refractivity contribution in [3.63, 3.8) is 0 Å². The number of hydrogen-bond donors (Lipinski definition) is 0. The summed E-state index contributed by atoms with van der Waals surface area (Å²) in [6.07, 6.45) is 4.13. The van der Waals surface area contributed by atoms with E-state index in [1.165, 1.54) is 101 Å². The zero-order valence-electron chi connectivity index (χ0n) is 29.8. The zero-order chi connectivity index (χ0) is 37.6. The van der Waals surface area contributed by atoms with Crippen molar-refractivity contribution in [1.29, 1.82) is 0 Å². The minimum absolute atomic E-state index is 0.870. The molecule has 0 saturated carbocycles. The van der Waals surface area contributed by atoms with E-state index >= 15 is 0 Å². The van der Waals surface area contributed by atoms with Crippen LogP contribution in [0.1, 0.15) is 0 Å². The molecule has 58 heavy (non-hydrogen) atoms. The van der Waals surface area contributed by atoms with Gasteiger partial charge in [-0.3, -0.25) is 19.1 Å². The van der Waals surface area contributed by atoms with Gasteiger partial charge in [-0.25, -0.2) is 0 Å². The molecule has 12 aromatic heterocycles. The molecular weight excluding hydrogens is 865 g/mol. The minimum atomic E-state index is 0.870. The van der Waals surface area contributed by atoms with Gasteiger partial charge in [-0.05, 0) is 118 Å². The van der Waals surface area contributed by atoms with Gasteiger partial charge in [0.2, 0.25) is 0 Å². The highest BCUT2D eigenvalue weighted by Gasteiger charge is 2.21. The Balaban J connectivity index is 0.986. The van der Waals surface area contributed by atoms with Crippen LogP contribution < -0.4 is 0 Å². The second kappa shape index (κ2) is 12.3. The molecule has 0 spiro atoms. The van der Waals surface area contributed by atoms with Gasteiger partial charge in [-0.2, -0.15) is 0 Å². The third kappa shape index (κ3) is 4.79. The molecule has 4 nitrogen and oxygen atoms in total. The van der Waals surface area contributed by atoms with Gasteiger partial charge in [0.1, 0.15) is 10.0 Å². The van der Waals surface area contributed by atoms with Gasteiger partial charge < -0.3 is 0 Å². The molecule has 274 valence electrons. The predicted octanol–water partition coefficient (Wildman–Crippen LogP) is 16.8. The molecule has 12 heterocycles. The molecule has 0 atom stereocenters. The Morgan fingerprint density at radius 2 is 0.741 bits per heavy atom. The van der Waals surface area contributed by atoms with E-state index in [1.807, 2.05) is 68.0 Å². The molecule has 0 N–H and O–H groups in total. The first-order valence-corrected chi connectivity index (χ1v) is 25.2. The summed E-state index contributed by atoms with van der Waals surface area (Å²) in [5.74, 6) is 0. The second-order valence-electron chi connectivity index (χ2n) is 14.3. The fraction of sp³-hybridized carbons (Fsp3) is 0. The monoisotopic (exact) mass is 886 g/mol. The maximum absolute atomic E-state index is 5.19. The van der Waals surface area contributed by atoms with Crippen molar-refractivity contribution < 1.29 is 0 Å². The number of hydrogen-bond acceptors (Lipinski definition) is 10. The normalized spacial score (nSPS) is 12.5. The van der Waals surface area contributed by atoms with E-state index in [4.69, 9.17) is 9.97 Å². The maximum Gasteiger partial charge on any atom is 0.102 e. The minimum Gasteiger partial charge on any atom is -0.299 e. The molecule has 0 fully saturated rings. The summed E-state index contributed by atoms with van der Waals surface area (Å²) < 4.78 is 15.4. The van der Waals surface area contributed by atoms with E-state index in [1.54, 1.807) is 22.7 Å². The molecule has 14 aromatic rings. The third-order valence-electron chi connectivity index (χ3n) is 11.1. The topological polar surface area (TPSA) is 35.6 Å². The van der Waals surface area contributed by atoms with Crippen molar-refractivity contribution in [2.24, 2.45) is 0 Å². The summed E-state index contributed by atoms with van der Waals surface area (Å²) in [5, 5.41) is 15.9. The fourth-order valence-corrected chi connectivity index (χ4v) is 16.9. The SMILES string of the molecule is c1cc2sc(-c3ccc4c(c3)c3cc(-c5cc6c7cc(-c8cc9sccc9s8)ccc7n(-c7cc8sccc8s7)c6cn5)ncc3n4-c3cc4sccc4s3)cc2s1. The Kier molecular flexibility index (Phi) is 6.95. The van der Waals surface area contributed by atoms with E-state index in [9.17, 15) is 0 Å². The average molecular weight is 887 g/mol. The van der Waals surface area contributed by atoms with Gasteiger partial charge in [0.05, 0.1) is 45.8 Å². The number of nitrogens with zero attached hydrogens (tertiary/aromatic N) is 4. The van der Waals surface area contributed by atoms with E-state index in [2.05, 4.69) is 140 Å². The molecule has 0 aliphatic heterocycles. The molecule has 0 bridgehead atoms. The molecule has 0 aliphatic carbocycles. The fourth-order valence-electron chi connectivity index (χ4n) is 8.44. The van der Waals surface area contributed by atoms with Crippen molar-refractivity contribution in [1.82, 2.24) is 19.1 Å². The molecule has 12 heteroatoms. The number of pyridine rings is 2. The van der Waals surface area contributed by atoms with Gasteiger partial charge in [-0.15, -0.1) is 90.7 Å². The quantitative estimate of drug-likeness (QED) is 0.173. The zero-order valence-corrected chi connectivity index (χ0v) is 36.3. The van der Waals surface area contributed by atoms with E-state index in [-0.39, 0.29) is 0 Å². The highest BCUT2D eigenvalue weighted by molar-refractivity contribution is 7.30. The molecule has 0 saturated heterocycles. The lowest BCUT2D eigenvalue weighted by atomic mass is 10.1. The number of benzene rings is 2. The average Bonchev–Trinajstić information content (AvgIpc) is 4.06. The van der Waals surface area contributed by atoms with Crippen LogP contribution in [-0.2, 0) is 0 Å². The van der Waals surface area contributed by atoms with Crippen LogP contribution in [0.5, 0.6) is 0 Å². The molecule has 0 amide bonds. The summed E-state index contributed by atoms with van der Waals surface area (Å²) in [5.41, 5.74) is 8.81. The van der Waals surface area contributed by atoms with Gasteiger partial charge in [-0.1, -0.05) is 12.1 Å². The Morgan fingerprint density at radius 1 is 0.345 bits per heavy atom. The van der Waals surface area contributed by atoms with Crippen molar-refractivity contribution in [3.8, 4) is 42.3 Å². The second-order valence-corrected chi connectivity index (χ2v) is 22.4. The summed E-state index contributed by atoms with van der Waals surface area (Å²) in [7, 11) is 0. The number of aromatic nitrogens is 4. The van der Waals surface area contributed by atoms with Gasteiger partial charge >= 0.3 is 0 Å². The first kappa shape index (κ1) is 32.9. The van der Waals surface area contributed by atoms with Crippen molar-refractivity contribution in [2.75, 3.05) is 0 Å². The molecule has 0 radical (unpaired) electrons. The Morgan fingerprint density at radius 3 is 1.16 bits per heavy atom. The number of fused-ring (bicyclic) bond motifs is 10. The molecule has 0 aliphatic rings. The summed E-state index contributed by atoms with van der Waals surface area (Å²) in [4.78, 5) is 13.0. The van der Waals surface area contributed by atoms with Crippen LogP contribution in [0.3, 0.4) is 0 Å². The Bertz CT molecular complexity index is 3580. The maximum atomic E-state index is 5.19. The lowest BCUT2D eigenvalue weighted by Crippen LogP contribution is -1.93. The lowest BCUT2D eigenvalue weighted by molar-refractivity contribution is 1.19. The first-order chi connectivity index (χ1) is 28.7. The van der Waals surface area contributed by atoms with Crippen molar-refractivity contribution in [3.05, 3.63) is 131 Å². The molecule has 0 unspecified atom stereocenters. The van der Waals surface area contributed by atoms with Crippen molar-refractivity contribution >= 4 is 172 Å². The van der Waals surface area contributed by atoms with E-state index < -0.39 is 0 Å². The van der Waals surface area contributed by atoms with Crippen LogP contribution in [-0.4, -0.2) is 19.1 Å². The van der Waals surface area contributed by atoms with E-state index in [0.29, 0.717) is 0 Å². The molecule has 2 aromatic carbocycles. The smallest absolute Gasteiger partial charge is 0.102 e. The van der Waals surface area contributed by atoms with Crippen LogP contribution in [0.2, 0.25) is 0 Å². The Hall–Kier alpha value is -5.02. The van der Waals surface area contributed by atoms with Gasteiger partial charge in [0.15, 0.2) is 0 Å². The van der Waals surface area contributed by atoms with Crippen LogP contribution in [0.25, 0.3) is 123 Å². The van der Waals surface area contributed by atoms with Gasteiger partial charge in [0, 0.05) is 68.9 Å². The highest BCUT2D eigenvalue weighted by atomic mass is 32.1. The summed E-state index contributed by atoms with van der Waals surface area (Å²) in [6.45, 7) is 0. The van der Waals surface area contributed by atoms with Crippen LogP contribution in [0, 0.1) is 0 Å². The predicted molar refractivity (Wildman–Crippen MR) is 260 cm³/mol. The van der Waals surface area contributed by atoms with Crippen LogP contribution in [0.15, 0.2) is 131 Å². The van der Waals surface area contributed by atoms with E-state index in [0.717, 1.165) is 22.4 Å². The molecule has 14 rings (SSSR count).